The SMILES string of the molecule is Cc1cccc(C(=O)NC(C)c2cccc(NS(C)(=O)=O)c2)c1[N+](=O)[O-]. The number of nitro groups is 1. The van der Waals surface area contributed by atoms with Crippen molar-refractivity contribution in [1.29, 1.82) is 0 Å². The number of aryl methyl sites for hydroxylation is 1. The average molecular weight is 377 g/mol. The van der Waals surface area contributed by atoms with Crippen molar-refractivity contribution in [3.8, 4) is 0 Å². The minimum Gasteiger partial charge on any atom is -0.345 e. The zero-order chi connectivity index (χ0) is 19.5. The molecule has 8 nitrogen and oxygen atoms in total. The summed E-state index contributed by atoms with van der Waals surface area (Å²) in [6, 6.07) is 10.6. The lowest BCUT2D eigenvalue weighted by molar-refractivity contribution is -0.385. The largest absolute Gasteiger partial charge is 0.345 e. The summed E-state index contributed by atoms with van der Waals surface area (Å²) in [4.78, 5) is 23.2. The van der Waals surface area contributed by atoms with Crippen LogP contribution in [0.25, 0.3) is 0 Å². The van der Waals surface area contributed by atoms with E-state index in [1.54, 1.807) is 50.2 Å². The number of benzene rings is 2. The van der Waals surface area contributed by atoms with Crippen molar-refractivity contribution in [1.82, 2.24) is 5.32 Å². The Kier molecular flexibility index (Phi) is 5.61. The van der Waals surface area contributed by atoms with E-state index in [0.29, 0.717) is 16.8 Å². The molecule has 1 atom stereocenters. The van der Waals surface area contributed by atoms with Gasteiger partial charge in [0.15, 0.2) is 0 Å². The van der Waals surface area contributed by atoms with Crippen molar-refractivity contribution in [3.63, 3.8) is 0 Å². The van der Waals surface area contributed by atoms with Gasteiger partial charge in [-0.25, -0.2) is 8.42 Å². The quantitative estimate of drug-likeness (QED) is 0.593. The Morgan fingerprint density at radius 2 is 1.85 bits per heavy atom. The number of rotatable bonds is 6. The number of hydrogen-bond donors (Lipinski definition) is 2. The molecule has 0 spiro atoms. The van der Waals surface area contributed by atoms with Gasteiger partial charge in [-0.05, 0) is 37.6 Å². The van der Waals surface area contributed by atoms with Crippen LogP contribution in [0.15, 0.2) is 42.5 Å². The van der Waals surface area contributed by atoms with Crippen LogP contribution in [-0.4, -0.2) is 25.5 Å². The molecule has 0 saturated carbocycles. The molecule has 0 aliphatic carbocycles. The number of para-hydroxylation sites is 1. The summed E-state index contributed by atoms with van der Waals surface area (Å²) < 4.78 is 25.0. The van der Waals surface area contributed by atoms with Gasteiger partial charge >= 0.3 is 0 Å². The Bertz CT molecular complexity index is 957. The fraction of sp³-hybridized carbons (Fsp3) is 0.235. The highest BCUT2D eigenvalue weighted by Gasteiger charge is 2.23. The van der Waals surface area contributed by atoms with Gasteiger partial charge in [-0.2, -0.15) is 0 Å². The lowest BCUT2D eigenvalue weighted by atomic mass is 10.0. The van der Waals surface area contributed by atoms with Crippen LogP contribution in [0.3, 0.4) is 0 Å². The highest BCUT2D eigenvalue weighted by Crippen LogP contribution is 2.24. The Morgan fingerprint density at radius 3 is 2.46 bits per heavy atom. The fourth-order valence-electron chi connectivity index (χ4n) is 2.53. The average Bonchev–Trinajstić information content (AvgIpc) is 2.52. The summed E-state index contributed by atoms with van der Waals surface area (Å²) >= 11 is 0. The maximum absolute atomic E-state index is 12.5. The summed E-state index contributed by atoms with van der Waals surface area (Å²) in [7, 11) is -3.42. The molecule has 2 rings (SSSR count). The number of carbonyl (C=O) groups is 1. The van der Waals surface area contributed by atoms with E-state index in [9.17, 15) is 23.3 Å². The van der Waals surface area contributed by atoms with Crippen LogP contribution in [-0.2, 0) is 10.0 Å². The fourth-order valence-corrected chi connectivity index (χ4v) is 3.08. The maximum atomic E-state index is 12.5. The van der Waals surface area contributed by atoms with Crippen molar-refractivity contribution in [2.24, 2.45) is 0 Å². The Hall–Kier alpha value is -2.94. The number of sulfonamides is 1. The summed E-state index contributed by atoms with van der Waals surface area (Å²) in [5.74, 6) is -0.575. The molecule has 2 N–H and O–H groups in total. The van der Waals surface area contributed by atoms with E-state index < -0.39 is 26.9 Å². The number of hydrogen-bond acceptors (Lipinski definition) is 5. The molecule has 26 heavy (non-hydrogen) atoms. The van der Waals surface area contributed by atoms with Crippen LogP contribution < -0.4 is 10.0 Å². The van der Waals surface area contributed by atoms with Crippen LogP contribution in [0.5, 0.6) is 0 Å². The van der Waals surface area contributed by atoms with Gasteiger partial charge < -0.3 is 5.32 Å². The third-order valence-electron chi connectivity index (χ3n) is 3.70. The van der Waals surface area contributed by atoms with Crippen LogP contribution in [0.1, 0.15) is 34.5 Å². The van der Waals surface area contributed by atoms with E-state index in [1.807, 2.05) is 0 Å². The van der Waals surface area contributed by atoms with E-state index in [0.717, 1.165) is 6.26 Å². The number of carbonyl (C=O) groups excluding carboxylic acids is 1. The molecule has 0 aliphatic heterocycles. The first kappa shape index (κ1) is 19.4. The van der Waals surface area contributed by atoms with Crippen molar-refractivity contribution < 1.29 is 18.1 Å². The third-order valence-corrected chi connectivity index (χ3v) is 4.31. The van der Waals surface area contributed by atoms with Gasteiger partial charge in [0, 0.05) is 11.3 Å². The molecular weight excluding hydrogens is 358 g/mol. The number of amides is 1. The van der Waals surface area contributed by atoms with E-state index in [-0.39, 0.29) is 11.3 Å². The number of nitrogens with zero attached hydrogens (tertiary/aromatic N) is 1. The zero-order valence-electron chi connectivity index (χ0n) is 14.5. The number of nitro benzene ring substituents is 1. The van der Waals surface area contributed by atoms with Crippen LogP contribution in [0, 0.1) is 17.0 Å². The Labute approximate surface area is 151 Å². The topological polar surface area (TPSA) is 118 Å². The summed E-state index contributed by atoms with van der Waals surface area (Å²) in [5, 5.41) is 13.9. The van der Waals surface area contributed by atoms with Gasteiger partial charge in [0.1, 0.15) is 5.56 Å². The van der Waals surface area contributed by atoms with Gasteiger partial charge in [0.05, 0.1) is 17.2 Å². The normalized spacial score (nSPS) is 12.3. The monoisotopic (exact) mass is 377 g/mol. The lowest BCUT2D eigenvalue weighted by Gasteiger charge is -2.16. The molecule has 0 heterocycles. The van der Waals surface area contributed by atoms with Crippen LogP contribution in [0.4, 0.5) is 11.4 Å². The van der Waals surface area contributed by atoms with E-state index in [4.69, 9.17) is 0 Å². The third kappa shape index (κ3) is 4.79. The van der Waals surface area contributed by atoms with Gasteiger partial charge in [-0.15, -0.1) is 0 Å². The van der Waals surface area contributed by atoms with Gasteiger partial charge in [-0.3, -0.25) is 19.6 Å². The number of anilines is 1. The van der Waals surface area contributed by atoms with Crippen LogP contribution in [0.2, 0.25) is 0 Å². The predicted molar refractivity (Wildman–Crippen MR) is 98.6 cm³/mol. The molecule has 1 unspecified atom stereocenters. The van der Waals surface area contributed by atoms with E-state index in [2.05, 4.69) is 10.0 Å². The zero-order valence-corrected chi connectivity index (χ0v) is 15.3. The highest BCUT2D eigenvalue weighted by molar-refractivity contribution is 7.92. The van der Waals surface area contributed by atoms with Crippen molar-refractivity contribution >= 4 is 27.3 Å². The van der Waals surface area contributed by atoms with Gasteiger partial charge in [-0.1, -0.05) is 24.3 Å². The van der Waals surface area contributed by atoms with Gasteiger partial charge in [0.2, 0.25) is 10.0 Å². The molecule has 2 aromatic rings. The lowest BCUT2D eigenvalue weighted by Crippen LogP contribution is -2.27. The predicted octanol–water partition coefficient (Wildman–Crippen LogP) is 2.77. The second kappa shape index (κ2) is 7.52. The molecule has 2 aromatic carbocycles. The standard InChI is InChI=1S/C17H19N3O5S/c1-11-6-4-9-15(16(11)20(22)23)17(21)18-12(2)13-7-5-8-14(10-13)19-26(3,24)25/h4-10,12,19H,1-3H3,(H,18,21). The van der Waals surface area contributed by atoms with Crippen LogP contribution >= 0.6 is 0 Å². The molecular formula is C17H19N3O5S. The molecule has 0 aromatic heterocycles. The Balaban J connectivity index is 2.24. The smallest absolute Gasteiger partial charge is 0.285 e. The summed E-state index contributed by atoms with van der Waals surface area (Å²) in [6.07, 6.45) is 1.04. The summed E-state index contributed by atoms with van der Waals surface area (Å²) in [6.45, 7) is 3.28. The van der Waals surface area contributed by atoms with E-state index >= 15 is 0 Å². The molecule has 0 fully saturated rings. The van der Waals surface area contributed by atoms with E-state index in [1.165, 1.54) is 6.07 Å². The van der Waals surface area contributed by atoms with Crippen molar-refractivity contribution in [3.05, 3.63) is 69.3 Å². The minimum atomic E-state index is -3.42. The molecule has 0 saturated heterocycles. The highest BCUT2D eigenvalue weighted by atomic mass is 32.2. The van der Waals surface area contributed by atoms with Crippen molar-refractivity contribution in [2.75, 3.05) is 11.0 Å². The summed E-state index contributed by atoms with van der Waals surface area (Å²) in [5.41, 5.74) is 1.17. The molecule has 0 radical (unpaired) electrons. The second-order valence-electron chi connectivity index (χ2n) is 5.92. The maximum Gasteiger partial charge on any atom is 0.285 e. The minimum absolute atomic E-state index is 0.0211. The van der Waals surface area contributed by atoms with Gasteiger partial charge in [0.25, 0.3) is 11.6 Å². The molecule has 0 bridgehead atoms. The van der Waals surface area contributed by atoms with Crippen molar-refractivity contribution in [2.45, 2.75) is 19.9 Å². The second-order valence-corrected chi connectivity index (χ2v) is 7.67. The first-order chi connectivity index (χ1) is 12.1. The molecule has 0 aliphatic rings. The first-order valence-corrected chi connectivity index (χ1v) is 9.60. The molecule has 138 valence electrons. The number of nitrogens with one attached hydrogen (secondary N) is 2. The molecule has 9 heteroatoms. The first-order valence-electron chi connectivity index (χ1n) is 7.71. The Morgan fingerprint density at radius 1 is 1.19 bits per heavy atom. The molecule has 1 amide bonds.